The van der Waals surface area contributed by atoms with Crippen LogP contribution in [-0.2, 0) is 20.5 Å². The fourth-order valence-electron chi connectivity index (χ4n) is 3.91. The zero-order chi connectivity index (χ0) is 20.3. The number of carbonyl (C=O) groups excluding carboxylic acids is 1. The lowest BCUT2D eigenvalue weighted by Gasteiger charge is -2.36. The standard InChI is InChI=1S/C18H19ClN2O4S3/c1-3-21-17(23)12(9-20-21)15(22)11-8-13(19)16-14(10(11)2)18(26-5-6-27-18)4-7-28(16,24)25/h8-9,20H,3-7H2,1-2H3. The van der Waals surface area contributed by atoms with Gasteiger partial charge in [-0.1, -0.05) is 11.6 Å². The number of thioether (sulfide) groups is 2. The van der Waals surface area contributed by atoms with Gasteiger partial charge in [0.2, 0.25) is 5.78 Å². The van der Waals surface area contributed by atoms with Gasteiger partial charge in [-0.25, -0.2) is 8.42 Å². The minimum absolute atomic E-state index is 0.0282. The second-order valence-corrected chi connectivity index (χ2v) is 12.3. The molecular weight excluding hydrogens is 440 g/mol. The number of benzene rings is 1. The van der Waals surface area contributed by atoms with Gasteiger partial charge in [-0.05, 0) is 31.9 Å². The van der Waals surface area contributed by atoms with Gasteiger partial charge in [0, 0.05) is 35.4 Å². The van der Waals surface area contributed by atoms with Gasteiger partial charge in [0.15, 0.2) is 9.84 Å². The summed E-state index contributed by atoms with van der Waals surface area (Å²) in [6.45, 7) is 3.98. The molecule has 1 saturated heterocycles. The first-order valence-electron chi connectivity index (χ1n) is 8.89. The van der Waals surface area contributed by atoms with Crippen molar-refractivity contribution in [2.75, 3.05) is 17.3 Å². The molecule has 1 aromatic carbocycles. The molecule has 0 bridgehead atoms. The first-order valence-corrected chi connectivity index (χ1v) is 12.9. The number of sulfone groups is 1. The first-order chi connectivity index (χ1) is 13.2. The molecule has 1 N–H and O–H groups in total. The number of nitrogens with one attached hydrogen (secondary N) is 1. The summed E-state index contributed by atoms with van der Waals surface area (Å²) < 4.78 is 26.5. The third kappa shape index (κ3) is 2.89. The summed E-state index contributed by atoms with van der Waals surface area (Å²) in [6.07, 6.45) is 1.88. The van der Waals surface area contributed by atoms with Crippen molar-refractivity contribution < 1.29 is 13.2 Å². The van der Waals surface area contributed by atoms with Crippen LogP contribution < -0.4 is 5.56 Å². The Morgan fingerprint density at radius 2 is 2.00 bits per heavy atom. The highest BCUT2D eigenvalue weighted by atomic mass is 35.5. The largest absolute Gasteiger partial charge is 0.302 e. The Balaban J connectivity index is 1.97. The number of halogens is 1. The van der Waals surface area contributed by atoms with Gasteiger partial charge in [-0.15, -0.1) is 23.5 Å². The van der Waals surface area contributed by atoms with Gasteiger partial charge < -0.3 is 5.10 Å². The van der Waals surface area contributed by atoms with Gasteiger partial charge in [-0.3, -0.25) is 14.3 Å². The maximum absolute atomic E-state index is 13.2. The number of fused-ring (bicyclic) bond motifs is 2. The van der Waals surface area contributed by atoms with Crippen LogP contribution in [-0.4, -0.2) is 41.2 Å². The number of ketones is 1. The summed E-state index contributed by atoms with van der Waals surface area (Å²) in [5.74, 6) is 1.43. The number of carbonyl (C=O) groups is 1. The number of hydrogen-bond acceptors (Lipinski definition) is 6. The van der Waals surface area contributed by atoms with Gasteiger partial charge in [0.05, 0.1) is 19.8 Å². The van der Waals surface area contributed by atoms with Crippen molar-refractivity contribution in [3.63, 3.8) is 0 Å². The average Bonchev–Trinajstić information content (AvgIpc) is 3.27. The quantitative estimate of drug-likeness (QED) is 0.710. The van der Waals surface area contributed by atoms with E-state index in [1.165, 1.54) is 16.9 Å². The summed E-state index contributed by atoms with van der Waals surface area (Å²) in [4.78, 5) is 25.7. The van der Waals surface area contributed by atoms with Gasteiger partial charge in [0.25, 0.3) is 5.56 Å². The molecule has 2 aromatic rings. The van der Waals surface area contributed by atoms with E-state index in [4.69, 9.17) is 11.6 Å². The highest BCUT2D eigenvalue weighted by Crippen LogP contribution is 2.60. The molecule has 28 heavy (non-hydrogen) atoms. The third-order valence-electron chi connectivity index (χ3n) is 5.29. The van der Waals surface area contributed by atoms with E-state index in [1.807, 2.05) is 0 Å². The van der Waals surface area contributed by atoms with E-state index < -0.39 is 25.3 Å². The molecule has 0 amide bonds. The molecule has 0 aliphatic carbocycles. The van der Waals surface area contributed by atoms with E-state index in [1.54, 1.807) is 37.4 Å². The monoisotopic (exact) mass is 458 g/mol. The van der Waals surface area contributed by atoms with Crippen molar-refractivity contribution in [1.82, 2.24) is 9.78 Å². The van der Waals surface area contributed by atoms with E-state index in [9.17, 15) is 18.0 Å². The highest BCUT2D eigenvalue weighted by molar-refractivity contribution is 8.20. The molecule has 1 aromatic heterocycles. The summed E-state index contributed by atoms with van der Waals surface area (Å²) in [6, 6.07) is 1.40. The van der Waals surface area contributed by atoms with Crippen LogP contribution in [0, 0.1) is 6.92 Å². The van der Waals surface area contributed by atoms with E-state index in [2.05, 4.69) is 5.10 Å². The predicted molar refractivity (Wildman–Crippen MR) is 114 cm³/mol. The fraction of sp³-hybridized carbons (Fsp3) is 0.444. The second kappa shape index (κ2) is 6.97. The molecule has 0 atom stereocenters. The van der Waals surface area contributed by atoms with Gasteiger partial charge in [0.1, 0.15) is 5.56 Å². The Hall–Kier alpha value is -1.16. The molecule has 0 unspecified atom stereocenters. The molecule has 1 fully saturated rings. The lowest BCUT2D eigenvalue weighted by molar-refractivity contribution is 0.103. The summed E-state index contributed by atoms with van der Waals surface area (Å²) >= 11 is 9.86. The van der Waals surface area contributed by atoms with Crippen LogP contribution in [0.25, 0.3) is 0 Å². The maximum atomic E-state index is 13.2. The smallest absolute Gasteiger partial charge is 0.277 e. The average molecular weight is 459 g/mol. The maximum Gasteiger partial charge on any atom is 0.277 e. The van der Waals surface area contributed by atoms with E-state index in [0.717, 1.165) is 11.5 Å². The lowest BCUT2D eigenvalue weighted by Crippen LogP contribution is -2.31. The Bertz CT molecular complexity index is 1140. The molecular formula is C18H19ClN2O4S3. The molecule has 4 rings (SSSR count). The number of aromatic amines is 1. The Labute approximate surface area is 176 Å². The van der Waals surface area contributed by atoms with Crippen molar-refractivity contribution >= 4 is 50.7 Å². The topological polar surface area (TPSA) is 89.0 Å². The summed E-state index contributed by atoms with van der Waals surface area (Å²) in [5, 5.41) is 2.84. The first kappa shape index (κ1) is 20.1. The Morgan fingerprint density at radius 3 is 2.61 bits per heavy atom. The molecule has 3 heterocycles. The van der Waals surface area contributed by atoms with Crippen LogP contribution in [0.2, 0.25) is 5.02 Å². The fourth-order valence-corrected chi connectivity index (χ4v) is 10.1. The van der Waals surface area contributed by atoms with Crippen molar-refractivity contribution in [3.8, 4) is 0 Å². The number of hydrogen-bond donors (Lipinski definition) is 1. The Kier molecular flexibility index (Phi) is 5.01. The second-order valence-electron chi connectivity index (χ2n) is 6.82. The van der Waals surface area contributed by atoms with Crippen LogP contribution in [0.1, 0.15) is 40.4 Å². The van der Waals surface area contributed by atoms with Crippen LogP contribution in [0.5, 0.6) is 0 Å². The van der Waals surface area contributed by atoms with E-state index in [-0.39, 0.29) is 26.8 Å². The minimum Gasteiger partial charge on any atom is -0.302 e. The van der Waals surface area contributed by atoms with Gasteiger partial charge in [-0.2, -0.15) is 0 Å². The highest BCUT2D eigenvalue weighted by Gasteiger charge is 2.48. The SMILES string of the molecule is CCn1[nH]cc(C(=O)c2cc(Cl)c3c(c2C)C2(CCS3(=O)=O)SCCS2)c1=O. The molecule has 150 valence electrons. The molecule has 1 spiro atoms. The molecule has 0 saturated carbocycles. The number of aromatic nitrogens is 2. The van der Waals surface area contributed by atoms with E-state index in [0.29, 0.717) is 24.1 Å². The molecule has 10 heteroatoms. The Morgan fingerprint density at radius 1 is 1.32 bits per heavy atom. The van der Waals surface area contributed by atoms with E-state index >= 15 is 0 Å². The van der Waals surface area contributed by atoms with Crippen LogP contribution in [0.4, 0.5) is 0 Å². The molecule has 6 nitrogen and oxygen atoms in total. The van der Waals surface area contributed by atoms with Crippen molar-refractivity contribution in [3.05, 3.63) is 49.9 Å². The number of nitrogens with zero attached hydrogens (tertiary/aromatic N) is 1. The normalized spacial score (nSPS) is 19.7. The zero-order valence-corrected chi connectivity index (χ0v) is 18.6. The molecule has 2 aliphatic heterocycles. The van der Waals surface area contributed by atoms with Crippen LogP contribution >= 0.6 is 35.1 Å². The van der Waals surface area contributed by atoms with Crippen LogP contribution in [0.3, 0.4) is 0 Å². The number of H-pyrrole nitrogens is 1. The number of rotatable bonds is 3. The predicted octanol–water partition coefficient (Wildman–Crippen LogP) is 3.20. The molecule has 0 radical (unpaired) electrons. The van der Waals surface area contributed by atoms with Crippen LogP contribution in [0.15, 0.2) is 22.0 Å². The van der Waals surface area contributed by atoms with Crippen molar-refractivity contribution in [1.29, 1.82) is 0 Å². The summed E-state index contributed by atoms with van der Waals surface area (Å²) in [5.41, 5.74) is 1.15. The minimum atomic E-state index is -3.52. The lowest BCUT2D eigenvalue weighted by atomic mass is 9.93. The molecule has 2 aliphatic rings. The van der Waals surface area contributed by atoms with Crippen molar-refractivity contribution in [2.24, 2.45) is 0 Å². The number of aryl methyl sites for hydroxylation is 1. The van der Waals surface area contributed by atoms with Gasteiger partial charge >= 0.3 is 0 Å². The zero-order valence-electron chi connectivity index (χ0n) is 15.4. The van der Waals surface area contributed by atoms with Crippen molar-refractivity contribution in [2.45, 2.75) is 35.8 Å². The third-order valence-corrected chi connectivity index (χ3v) is 11.0. The summed E-state index contributed by atoms with van der Waals surface area (Å²) in [7, 11) is -3.52.